The summed E-state index contributed by atoms with van der Waals surface area (Å²) in [5.41, 5.74) is 0. The van der Waals surface area contributed by atoms with Crippen molar-refractivity contribution in [2.45, 2.75) is 69.9 Å². The van der Waals surface area contributed by atoms with Crippen LogP contribution in [-0.2, 0) is 4.74 Å². The molecule has 2 aliphatic carbocycles. The molecule has 0 atom stereocenters. The zero-order chi connectivity index (χ0) is 16.8. The molecule has 0 bridgehead atoms. The number of carbonyl (C=O) groups excluding carboxylic acids is 1. The maximum absolute atomic E-state index is 13.0. The van der Waals surface area contributed by atoms with Gasteiger partial charge in [0.2, 0.25) is 0 Å². The standard InChI is InChI=1S/C18H29N3O2S/c1-23-13-14-7-9-16(10-8-14)21(15-5-3-2-4-6-15)18(22)20-17-19-11-12-24-17/h11-12,14-16H,2-10,13H2,1H3,(H,19,20,22). The van der Waals surface area contributed by atoms with Crippen LogP contribution in [-0.4, -0.2) is 41.7 Å². The summed E-state index contributed by atoms with van der Waals surface area (Å²) < 4.78 is 5.31. The van der Waals surface area contributed by atoms with E-state index in [4.69, 9.17) is 4.74 Å². The first-order valence-corrected chi connectivity index (χ1v) is 10.1. The first-order chi connectivity index (χ1) is 11.8. The minimum atomic E-state index is 0.0482. The van der Waals surface area contributed by atoms with E-state index in [0.717, 1.165) is 45.1 Å². The van der Waals surface area contributed by atoms with Gasteiger partial charge in [-0.1, -0.05) is 19.3 Å². The summed E-state index contributed by atoms with van der Waals surface area (Å²) in [6.45, 7) is 0.849. The van der Waals surface area contributed by atoms with Gasteiger partial charge in [-0.3, -0.25) is 5.32 Å². The molecule has 0 aliphatic heterocycles. The highest BCUT2D eigenvalue weighted by Crippen LogP contribution is 2.33. The highest BCUT2D eigenvalue weighted by atomic mass is 32.1. The lowest BCUT2D eigenvalue weighted by Gasteiger charge is -2.42. The number of urea groups is 1. The molecule has 0 aromatic carbocycles. The molecule has 0 radical (unpaired) electrons. The average Bonchev–Trinajstić information content (AvgIpc) is 3.11. The van der Waals surface area contributed by atoms with Crippen molar-refractivity contribution in [1.29, 1.82) is 0 Å². The third kappa shape index (κ3) is 4.48. The number of nitrogens with one attached hydrogen (secondary N) is 1. The van der Waals surface area contributed by atoms with E-state index in [1.54, 1.807) is 13.3 Å². The molecule has 134 valence electrons. The minimum absolute atomic E-state index is 0.0482. The van der Waals surface area contributed by atoms with Crippen molar-refractivity contribution in [2.24, 2.45) is 5.92 Å². The molecule has 24 heavy (non-hydrogen) atoms. The number of thiazole rings is 1. The Labute approximate surface area is 148 Å². The van der Waals surface area contributed by atoms with Gasteiger partial charge in [0.25, 0.3) is 0 Å². The van der Waals surface area contributed by atoms with Crippen LogP contribution in [0.1, 0.15) is 57.8 Å². The van der Waals surface area contributed by atoms with Crippen LogP contribution in [0.4, 0.5) is 9.93 Å². The van der Waals surface area contributed by atoms with Gasteiger partial charge < -0.3 is 9.64 Å². The summed E-state index contributed by atoms with van der Waals surface area (Å²) in [6.07, 6.45) is 12.3. The average molecular weight is 352 g/mol. The Morgan fingerprint density at radius 3 is 2.54 bits per heavy atom. The third-order valence-corrected chi connectivity index (χ3v) is 6.15. The first kappa shape index (κ1) is 17.7. The predicted molar refractivity (Wildman–Crippen MR) is 97.5 cm³/mol. The Morgan fingerprint density at radius 1 is 1.21 bits per heavy atom. The molecular weight excluding hydrogens is 322 g/mol. The van der Waals surface area contributed by atoms with Crippen molar-refractivity contribution in [3.63, 3.8) is 0 Å². The molecule has 2 amide bonds. The zero-order valence-corrected chi connectivity index (χ0v) is 15.4. The van der Waals surface area contributed by atoms with E-state index in [2.05, 4.69) is 15.2 Å². The molecule has 2 aliphatic rings. The van der Waals surface area contributed by atoms with Gasteiger partial charge in [-0.05, 0) is 44.4 Å². The Bertz CT molecular complexity index is 494. The Morgan fingerprint density at radius 2 is 1.92 bits per heavy atom. The fourth-order valence-electron chi connectivity index (χ4n) is 4.26. The summed E-state index contributed by atoms with van der Waals surface area (Å²) >= 11 is 1.48. The second-order valence-electron chi connectivity index (χ2n) is 7.10. The van der Waals surface area contributed by atoms with Crippen molar-refractivity contribution in [3.8, 4) is 0 Å². The molecule has 1 aromatic heterocycles. The lowest BCUT2D eigenvalue weighted by Crippen LogP contribution is -2.51. The van der Waals surface area contributed by atoms with Gasteiger partial charge in [-0.25, -0.2) is 9.78 Å². The van der Waals surface area contributed by atoms with Crippen molar-refractivity contribution in [1.82, 2.24) is 9.88 Å². The van der Waals surface area contributed by atoms with E-state index >= 15 is 0 Å². The number of hydrogen-bond donors (Lipinski definition) is 1. The van der Waals surface area contributed by atoms with Crippen LogP contribution in [0.3, 0.4) is 0 Å². The monoisotopic (exact) mass is 351 g/mol. The van der Waals surface area contributed by atoms with Crippen LogP contribution < -0.4 is 5.32 Å². The van der Waals surface area contributed by atoms with E-state index in [-0.39, 0.29) is 6.03 Å². The zero-order valence-electron chi connectivity index (χ0n) is 14.6. The number of anilines is 1. The number of rotatable bonds is 5. The van der Waals surface area contributed by atoms with E-state index in [1.807, 2.05) is 5.38 Å². The molecule has 2 fully saturated rings. The molecule has 1 aromatic rings. The number of amides is 2. The quantitative estimate of drug-likeness (QED) is 0.849. The second kappa shape index (κ2) is 8.81. The van der Waals surface area contributed by atoms with Crippen molar-refractivity contribution in [3.05, 3.63) is 11.6 Å². The first-order valence-electron chi connectivity index (χ1n) is 9.25. The van der Waals surface area contributed by atoms with Crippen LogP contribution in [0.15, 0.2) is 11.6 Å². The maximum atomic E-state index is 13.0. The fourth-order valence-corrected chi connectivity index (χ4v) is 4.77. The van der Waals surface area contributed by atoms with Crippen LogP contribution >= 0.6 is 11.3 Å². The lowest BCUT2D eigenvalue weighted by molar-refractivity contribution is 0.0784. The fraction of sp³-hybridized carbons (Fsp3) is 0.778. The molecule has 0 saturated heterocycles. The number of methoxy groups -OCH3 is 1. The number of nitrogens with zero attached hydrogens (tertiary/aromatic N) is 2. The Kier molecular flexibility index (Phi) is 6.49. The van der Waals surface area contributed by atoms with Crippen molar-refractivity contribution < 1.29 is 9.53 Å². The van der Waals surface area contributed by atoms with Gasteiger partial charge in [0.1, 0.15) is 0 Å². The van der Waals surface area contributed by atoms with Gasteiger partial charge in [-0.15, -0.1) is 11.3 Å². The molecule has 6 heteroatoms. The van der Waals surface area contributed by atoms with E-state index in [9.17, 15) is 4.79 Å². The van der Waals surface area contributed by atoms with Gasteiger partial charge in [-0.2, -0.15) is 0 Å². The molecule has 2 saturated carbocycles. The predicted octanol–water partition coefficient (Wildman–Crippen LogP) is 4.51. The molecule has 5 nitrogen and oxygen atoms in total. The summed E-state index contributed by atoms with van der Waals surface area (Å²) in [5.74, 6) is 0.654. The summed E-state index contributed by atoms with van der Waals surface area (Å²) in [7, 11) is 1.78. The Hall–Kier alpha value is -1.14. The summed E-state index contributed by atoms with van der Waals surface area (Å²) in [6, 6.07) is 0.802. The molecule has 1 heterocycles. The van der Waals surface area contributed by atoms with Crippen LogP contribution in [0.25, 0.3) is 0 Å². The smallest absolute Gasteiger partial charge is 0.324 e. The highest BCUT2D eigenvalue weighted by Gasteiger charge is 2.34. The summed E-state index contributed by atoms with van der Waals surface area (Å²) in [5, 5.41) is 5.62. The van der Waals surface area contributed by atoms with Gasteiger partial charge >= 0.3 is 6.03 Å². The maximum Gasteiger partial charge on any atom is 0.324 e. The van der Waals surface area contributed by atoms with Crippen LogP contribution in [0.2, 0.25) is 0 Å². The Balaban J connectivity index is 1.66. The number of aromatic nitrogens is 1. The van der Waals surface area contributed by atoms with E-state index in [1.165, 1.54) is 30.6 Å². The van der Waals surface area contributed by atoms with Gasteiger partial charge in [0, 0.05) is 37.4 Å². The third-order valence-electron chi connectivity index (χ3n) is 5.46. The molecule has 1 N–H and O–H groups in total. The lowest BCUT2D eigenvalue weighted by atomic mass is 9.84. The largest absolute Gasteiger partial charge is 0.384 e. The second-order valence-corrected chi connectivity index (χ2v) is 7.99. The van der Waals surface area contributed by atoms with Crippen LogP contribution in [0, 0.1) is 5.92 Å². The van der Waals surface area contributed by atoms with E-state index < -0.39 is 0 Å². The molecule has 0 unspecified atom stereocenters. The number of hydrogen-bond acceptors (Lipinski definition) is 4. The summed E-state index contributed by atoms with van der Waals surface area (Å²) in [4.78, 5) is 19.4. The number of ether oxygens (including phenoxy) is 1. The molecule has 0 spiro atoms. The van der Waals surface area contributed by atoms with Crippen LogP contribution in [0.5, 0.6) is 0 Å². The van der Waals surface area contributed by atoms with E-state index in [0.29, 0.717) is 23.1 Å². The molecular formula is C18H29N3O2S. The topological polar surface area (TPSA) is 54.5 Å². The normalized spacial score (nSPS) is 25.4. The number of carbonyl (C=O) groups is 1. The van der Waals surface area contributed by atoms with Crippen molar-refractivity contribution >= 4 is 22.5 Å². The molecule has 3 rings (SSSR count). The van der Waals surface area contributed by atoms with Gasteiger partial charge in [0.15, 0.2) is 5.13 Å². The van der Waals surface area contributed by atoms with Gasteiger partial charge in [0.05, 0.1) is 0 Å². The highest BCUT2D eigenvalue weighted by molar-refractivity contribution is 7.13. The van der Waals surface area contributed by atoms with Crippen molar-refractivity contribution in [2.75, 3.05) is 19.0 Å². The minimum Gasteiger partial charge on any atom is -0.384 e. The SMILES string of the molecule is COCC1CCC(N(C(=O)Nc2nccs2)C2CCCCC2)CC1.